The predicted molar refractivity (Wildman–Crippen MR) is 79.3 cm³/mol. The van der Waals surface area contributed by atoms with Crippen molar-refractivity contribution in [3.05, 3.63) is 24.3 Å². The number of benzene rings is 1. The average Bonchev–Trinajstić information content (AvgIpc) is 3.11. The molecule has 2 aliphatic rings. The zero-order valence-corrected chi connectivity index (χ0v) is 12.7. The molecule has 124 valence electrons. The molecule has 0 saturated carbocycles. The number of ether oxygens (including phenoxy) is 4. The molecule has 0 aliphatic carbocycles. The lowest BCUT2D eigenvalue weighted by Gasteiger charge is -2.24. The first-order valence-corrected chi connectivity index (χ1v) is 7.66. The van der Waals surface area contributed by atoms with Crippen LogP contribution in [0.25, 0.3) is 0 Å². The first kappa shape index (κ1) is 15.6. The number of para-hydroxylation sites is 2. The molecule has 1 amide bonds. The standard InChI is InChI=1S/C16H19NO6/c18-15(17-8-11-4-3-7-20-11)10-22-16(19)14-9-21-12-5-1-2-6-13(12)23-14/h1-2,5-6,11,14H,3-4,7-10H2,(H,17,18)/t11-,14-/m0/s1. The van der Waals surface area contributed by atoms with Crippen molar-refractivity contribution in [3.63, 3.8) is 0 Å². The Kier molecular flexibility index (Phi) is 4.97. The molecular formula is C16H19NO6. The minimum Gasteiger partial charge on any atom is -0.485 e. The summed E-state index contributed by atoms with van der Waals surface area (Å²) >= 11 is 0. The van der Waals surface area contributed by atoms with E-state index in [1.54, 1.807) is 18.2 Å². The summed E-state index contributed by atoms with van der Waals surface area (Å²) in [7, 11) is 0. The highest BCUT2D eigenvalue weighted by atomic mass is 16.6. The number of rotatable bonds is 5. The minimum atomic E-state index is -0.865. The molecule has 1 aromatic rings. The Morgan fingerprint density at radius 1 is 1.26 bits per heavy atom. The molecule has 1 saturated heterocycles. The Hall–Kier alpha value is -2.28. The van der Waals surface area contributed by atoms with E-state index in [0.717, 1.165) is 19.4 Å². The number of hydrogen-bond donors (Lipinski definition) is 1. The SMILES string of the molecule is O=C(COC(=O)[C@@H]1COc2ccccc2O1)NC[C@@H]1CCCO1. The summed E-state index contributed by atoms with van der Waals surface area (Å²) in [6.07, 6.45) is 1.14. The number of hydrogen-bond acceptors (Lipinski definition) is 6. The maximum Gasteiger partial charge on any atom is 0.351 e. The number of nitrogens with one attached hydrogen (secondary N) is 1. The third kappa shape index (κ3) is 4.13. The van der Waals surface area contributed by atoms with Crippen LogP contribution in [0.3, 0.4) is 0 Å². The summed E-state index contributed by atoms with van der Waals surface area (Å²) in [5, 5.41) is 2.69. The van der Waals surface area contributed by atoms with Crippen LogP contribution in [0.5, 0.6) is 11.5 Å². The number of esters is 1. The van der Waals surface area contributed by atoms with E-state index >= 15 is 0 Å². The zero-order valence-electron chi connectivity index (χ0n) is 12.7. The summed E-state index contributed by atoms with van der Waals surface area (Å²) in [6, 6.07) is 7.08. The Bertz CT molecular complexity index is 569. The Balaban J connectivity index is 1.40. The number of carbonyl (C=O) groups excluding carboxylic acids is 2. The molecule has 1 fully saturated rings. The first-order valence-electron chi connectivity index (χ1n) is 7.66. The van der Waals surface area contributed by atoms with Gasteiger partial charge in [-0.15, -0.1) is 0 Å². The van der Waals surface area contributed by atoms with Gasteiger partial charge in [-0.1, -0.05) is 12.1 Å². The van der Waals surface area contributed by atoms with Gasteiger partial charge in [-0.2, -0.15) is 0 Å². The molecule has 0 unspecified atom stereocenters. The van der Waals surface area contributed by atoms with Crippen LogP contribution in [0.1, 0.15) is 12.8 Å². The molecule has 0 aromatic heterocycles. The summed E-state index contributed by atoms with van der Waals surface area (Å²) in [4.78, 5) is 23.6. The summed E-state index contributed by atoms with van der Waals surface area (Å²) in [6.45, 7) is 0.892. The molecule has 7 nitrogen and oxygen atoms in total. The van der Waals surface area contributed by atoms with E-state index in [1.165, 1.54) is 0 Å². The van der Waals surface area contributed by atoms with Gasteiger partial charge in [-0.3, -0.25) is 4.79 Å². The number of carbonyl (C=O) groups is 2. The van der Waals surface area contributed by atoms with Crippen LogP contribution in [-0.4, -0.2) is 50.4 Å². The van der Waals surface area contributed by atoms with E-state index in [-0.39, 0.29) is 25.2 Å². The largest absolute Gasteiger partial charge is 0.485 e. The van der Waals surface area contributed by atoms with Crippen LogP contribution in [0.2, 0.25) is 0 Å². The van der Waals surface area contributed by atoms with Gasteiger partial charge in [-0.05, 0) is 25.0 Å². The predicted octanol–water partition coefficient (Wildman–Crippen LogP) is 0.665. The van der Waals surface area contributed by atoms with Gasteiger partial charge in [0.2, 0.25) is 6.10 Å². The third-order valence-corrected chi connectivity index (χ3v) is 3.67. The van der Waals surface area contributed by atoms with E-state index in [9.17, 15) is 9.59 Å². The van der Waals surface area contributed by atoms with E-state index in [4.69, 9.17) is 18.9 Å². The highest BCUT2D eigenvalue weighted by molar-refractivity contribution is 5.82. The molecule has 3 rings (SSSR count). The van der Waals surface area contributed by atoms with Crippen molar-refractivity contribution >= 4 is 11.9 Å². The highest BCUT2D eigenvalue weighted by Crippen LogP contribution is 2.31. The van der Waals surface area contributed by atoms with E-state index in [0.29, 0.717) is 18.0 Å². The maximum atomic E-state index is 11.9. The second kappa shape index (κ2) is 7.32. The van der Waals surface area contributed by atoms with Crippen molar-refractivity contribution in [2.45, 2.75) is 25.0 Å². The van der Waals surface area contributed by atoms with E-state index in [2.05, 4.69) is 5.32 Å². The third-order valence-electron chi connectivity index (χ3n) is 3.67. The molecule has 23 heavy (non-hydrogen) atoms. The van der Waals surface area contributed by atoms with E-state index in [1.807, 2.05) is 6.07 Å². The second-order valence-corrected chi connectivity index (χ2v) is 5.41. The smallest absolute Gasteiger partial charge is 0.351 e. The average molecular weight is 321 g/mol. The van der Waals surface area contributed by atoms with Crippen LogP contribution in [0, 0.1) is 0 Å². The Morgan fingerprint density at radius 2 is 2.09 bits per heavy atom. The molecule has 1 N–H and O–H groups in total. The highest BCUT2D eigenvalue weighted by Gasteiger charge is 2.29. The van der Waals surface area contributed by atoms with Crippen molar-refractivity contribution in [2.24, 2.45) is 0 Å². The lowest BCUT2D eigenvalue weighted by atomic mass is 10.2. The second-order valence-electron chi connectivity index (χ2n) is 5.41. The first-order chi connectivity index (χ1) is 11.2. The maximum absolute atomic E-state index is 11.9. The van der Waals surface area contributed by atoms with Gasteiger partial charge < -0.3 is 24.3 Å². The van der Waals surface area contributed by atoms with Crippen molar-refractivity contribution in [1.82, 2.24) is 5.32 Å². The van der Waals surface area contributed by atoms with Gasteiger partial charge in [0, 0.05) is 13.2 Å². The van der Waals surface area contributed by atoms with E-state index < -0.39 is 12.1 Å². The van der Waals surface area contributed by atoms with Crippen molar-refractivity contribution in [2.75, 3.05) is 26.4 Å². The Morgan fingerprint density at radius 3 is 2.87 bits per heavy atom. The van der Waals surface area contributed by atoms with Crippen molar-refractivity contribution < 1.29 is 28.5 Å². The molecule has 2 heterocycles. The van der Waals surface area contributed by atoms with Gasteiger partial charge in [0.05, 0.1) is 6.10 Å². The fourth-order valence-electron chi connectivity index (χ4n) is 2.45. The molecular weight excluding hydrogens is 302 g/mol. The van der Waals surface area contributed by atoms with Gasteiger partial charge in [0.25, 0.3) is 5.91 Å². The van der Waals surface area contributed by atoms with Crippen molar-refractivity contribution in [3.8, 4) is 11.5 Å². The lowest BCUT2D eigenvalue weighted by Crippen LogP contribution is -2.40. The van der Waals surface area contributed by atoms with Crippen LogP contribution in [0.4, 0.5) is 0 Å². The summed E-state index contributed by atoms with van der Waals surface area (Å²) < 4.78 is 21.3. The Labute approximate surface area is 133 Å². The molecule has 2 atom stereocenters. The minimum absolute atomic E-state index is 0.0567. The van der Waals surface area contributed by atoms with Gasteiger partial charge in [-0.25, -0.2) is 4.79 Å². The van der Waals surface area contributed by atoms with Crippen LogP contribution < -0.4 is 14.8 Å². The molecule has 7 heteroatoms. The summed E-state index contributed by atoms with van der Waals surface area (Å²) in [5.74, 6) is 0.104. The quantitative estimate of drug-likeness (QED) is 0.803. The normalized spacial score (nSPS) is 22.4. The molecule has 0 spiro atoms. The molecule has 1 aromatic carbocycles. The lowest BCUT2D eigenvalue weighted by molar-refractivity contribution is -0.157. The molecule has 2 aliphatic heterocycles. The van der Waals surface area contributed by atoms with Crippen LogP contribution in [0.15, 0.2) is 24.3 Å². The topological polar surface area (TPSA) is 83.1 Å². The number of fused-ring (bicyclic) bond motifs is 1. The summed E-state index contributed by atoms with van der Waals surface area (Å²) in [5.41, 5.74) is 0. The van der Waals surface area contributed by atoms with Gasteiger partial charge in [0.1, 0.15) is 6.61 Å². The molecule has 0 radical (unpaired) electrons. The fraction of sp³-hybridized carbons (Fsp3) is 0.500. The fourth-order valence-corrected chi connectivity index (χ4v) is 2.45. The van der Waals surface area contributed by atoms with Crippen molar-refractivity contribution in [1.29, 1.82) is 0 Å². The van der Waals surface area contributed by atoms with Crippen LogP contribution >= 0.6 is 0 Å². The van der Waals surface area contributed by atoms with Crippen LogP contribution in [-0.2, 0) is 19.1 Å². The number of amides is 1. The zero-order chi connectivity index (χ0) is 16.1. The van der Waals surface area contributed by atoms with Gasteiger partial charge >= 0.3 is 5.97 Å². The van der Waals surface area contributed by atoms with Gasteiger partial charge in [0.15, 0.2) is 18.1 Å². The molecule has 0 bridgehead atoms. The monoisotopic (exact) mass is 321 g/mol.